The van der Waals surface area contributed by atoms with Crippen molar-refractivity contribution in [2.75, 3.05) is 18.9 Å². The number of amides is 1. The molecule has 0 aliphatic heterocycles. The van der Waals surface area contributed by atoms with E-state index in [4.69, 9.17) is 11.6 Å². The number of hydrogen-bond donors (Lipinski definition) is 1. The normalized spacial score (nSPS) is 11.5. The van der Waals surface area contributed by atoms with Crippen LogP contribution in [0.5, 0.6) is 0 Å². The minimum Gasteiger partial charge on any atom is -0.325 e. The number of likely N-dealkylation sites (N-methyl/N-ethyl adjacent to an activating group) is 1. The Balaban J connectivity index is 2.02. The number of nitrogens with zero attached hydrogens (tertiary/aromatic N) is 2. The van der Waals surface area contributed by atoms with Crippen molar-refractivity contribution in [3.8, 4) is 0 Å². The standard InChI is InChI=1S/C13H12ClN3O5S2/c1-16(24(21,22)13-7-6-11(14)23-13)8-12(18)15-9-2-4-10(5-3-9)17(19)20/h2-7H,8H2,1H3,(H,15,18). The van der Waals surface area contributed by atoms with E-state index < -0.39 is 27.4 Å². The molecule has 1 heterocycles. The van der Waals surface area contributed by atoms with E-state index in [9.17, 15) is 23.3 Å². The van der Waals surface area contributed by atoms with E-state index in [1.165, 1.54) is 43.4 Å². The average molecular weight is 390 g/mol. The van der Waals surface area contributed by atoms with Crippen LogP contribution in [0.4, 0.5) is 11.4 Å². The van der Waals surface area contributed by atoms with Crippen molar-refractivity contribution in [2.24, 2.45) is 0 Å². The summed E-state index contributed by atoms with van der Waals surface area (Å²) in [7, 11) is -2.53. The van der Waals surface area contributed by atoms with Gasteiger partial charge in [0.25, 0.3) is 15.7 Å². The van der Waals surface area contributed by atoms with Crippen molar-refractivity contribution in [1.82, 2.24) is 4.31 Å². The molecule has 0 aliphatic rings. The van der Waals surface area contributed by atoms with Gasteiger partial charge in [0.05, 0.1) is 15.8 Å². The third-order valence-electron chi connectivity index (χ3n) is 2.94. The maximum absolute atomic E-state index is 12.3. The number of rotatable bonds is 6. The first-order chi connectivity index (χ1) is 11.2. The summed E-state index contributed by atoms with van der Waals surface area (Å²) in [6.45, 7) is -0.408. The number of nitro benzene ring substituents is 1. The number of benzene rings is 1. The fourth-order valence-corrected chi connectivity index (χ4v) is 4.56. The molecule has 0 fully saturated rings. The Morgan fingerprint density at radius 2 is 1.92 bits per heavy atom. The van der Waals surface area contributed by atoms with Crippen LogP contribution >= 0.6 is 22.9 Å². The highest BCUT2D eigenvalue weighted by atomic mass is 35.5. The molecule has 0 aliphatic carbocycles. The van der Waals surface area contributed by atoms with Gasteiger partial charge in [0.1, 0.15) is 4.21 Å². The summed E-state index contributed by atoms with van der Waals surface area (Å²) in [4.78, 5) is 22.0. The zero-order valence-corrected chi connectivity index (χ0v) is 14.7. The molecule has 1 amide bonds. The summed E-state index contributed by atoms with van der Waals surface area (Å²) in [5, 5.41) is 13.0. The van der Waals surface area contributed by atoms with Crippen LogP contribution in [0, 0.1) is 10.1 Å². The number of carbonyl (C=O) groups is 1. The summed E-state index contributed by atoms with van der Waals surface area (Å²) in [6, 6.07) is 8.04. The Morgan fingerprint density at radius 3 is 2.42 bits per heavy atom. The van der Waals surface area contributed by atoms with Crippen molar-refractivity contribution >= 4 is 50.2 Å². The molecule has 1 N–H and O–H groups in total. The Bertz CT molecular complexity index is 864. The molecule has 0 unspecified atom stereocenters. The molecule has 8 nitrogen and oxygen atoms in total. The third-order valence-corrected chi connectivity index (χ3v) is 6.44. The highest BCUT2D eigenvalue weighted by Gasteiger charge is 2.24. The quantitative estimate of drug-likeness (QED) is 0.603. The van der Waals surface area contributed by atoms with Gasteiger partial charge in [-0.3, -0.25) is 14.9 Å². The molecule has 128 valence electrons. The number of anilines is 1. The number of nitro groups is 1. The van der Waals surface area contributed by atoms with E-state index in [1.54, 1.807) is 0 Å². The second-order valence-corrected chi connectivity index (χ2v) is 8.66. The summed E-state index contributed by atoms with van der Waals surface area (Å²) < 4.78 is 25.8. The Hall–Kier alpha value is -2.01. The van der Waals surface area contributed by atoms with Gasteiger partial charge in [-0.25, -0.2) is 8.42 Å². The van der Waals surface area contributed by atoms with E-state index in [0.717, 1.165) is 15.6 Å². The molecule has 1 aromatic carbocycles. The number of halogens is 1. The van der Waals surface area contributed by atoms with E-state index in [1.807, 2.05) is 0 Å². The first-order valence-corrected chi connectivity index (χ1v) is 9.09. The number of hydrogen-bond acceptors (Lipinski definition) is 6. The van der Waals surface area contributed by atoms with Gasteiger partial charge in [0.15, 0.2) is 0 Å². The fourth-order valence-electron chi connectivity index (χ4n) is 1.74. The molecule has 1 aromatic heterocycles. The molecule has 0 radical (unpaired) electrons. The molecule has 0 saturated heterocycles. The highest BCUT2D eigenvalue weighted by molar-refractivity contribution is 7.91. The van der Waals surface area contributed by atoms with E-state index in [-0.39, 0.29) is 9.90 Å². The molecule has 0 atom stereocenters. The number of nitrogens with one attached hydrogen (secondary N) is 1. The summed E-state index contributed by atoms with van der Waals surface area (Å²) in [5.41, 5.74) is 0.220. The molecule has 2 rings (SSSR count). The molecule has 11 heteroatoms. The lowest BCUT2D eigenvalue weighted by molar-refractivity contribution is -0.384. The molecule has 0 bridgehead atoms. The minimum absolute atomic E-state index is 0.0399. The number of carbonyl (C=O) groups excluding carboxylic acids is 1. The smallest absolute Gasteiger partial charge is 0.269 e. The van der Waals surface area contributed by atoms with E-state index in [0.29, 0.717) is 10.0 Å². The topological polar surface area (TPSA) is 110 Å². The lowest BCUT2D eigenvalue weighted by Gasteiger charge is -2.15. The van der Waals surface area contributed by atoms with Gasteiger partial charge in [0, 0.05) is 24.9 Å². The SMILES string of the molecule is CN(CC(=O)Nc1ccc([N+](=O)[O-])cc1)S(=O)(=O)c1ccc(Cl)s1. The van der Waals surface area contributed by atoms with Crippen molar-refractivity contribution in [2.45, 2.75) is 4.21 Å². The Kier molecular flexibility index (Phi) is 5.54. The van der Waals surface area contributed by atoms with E-state index in [2.05, 4.69) is 5.32 Å². The lowest BCUT2D eigenvalue weighted by Crippen LogP contribution is -2.34. The number of non-ortho nitro benzene ring substituents is 1. The largest absolute Gasteiger partial charge is 0.325 e. The third kappa shape index (κ3) is 4.29. The molecular weight excluding hydrogens is 378 g/mol. The predicted molar refractivity (Wildman–Crippen MR) is 90.9 cm³/mol. The average Bonchev–Trinajstić information content (AvgIpc) is 2.95. The number of sulfonamides is 1. The van der Waals surface area contributed by atoms with Crippen LogP contribution in [0.2, 0.25) is 4.34 Å². The first kappa shape index (κ1) is 18.3. The number of thiophene rings is 1. The predicted octanol–water partition coefficient (Wildman–Crippen LogP) is 2.57. The van der Waals surface area contributed by atoms with Crippen LogP contribution in [0.25, 0.3) is 0 Å². The minimum atomic E-state index is -3.81. The first-order valence-electron chi connectivity index (χ1n) is 6.46. The van der Waals surface area contributed by atoms with Gasteiger partial charge in [-0.15, -0.1) is 11.3 Å². The summed E-state index contributed by atoms with van der Waals surface area (Å²) in [6.07, 6.45) is 0. The maximum atomic E-state index is 12.3. The van der Waals surface area contributed by atoms with E-state index >= 15 is 0 Å². The monoisotopic (exact) mass is 389 g/mol. The maximum Gasteiger partial charge on any atom is 0.269 e. The summed E-state index contributed by atoms with van der Waals surface area (Å²) >= 11 is 6.63. The van der Waals surface area contributed by atoms with Gasteiger partial charge < -0.3 is 5.32 Å². The summed E-state index contributed by atoms with van der Waals surface area (Å²) in [5.74, 6) is -0.572. The second-order valence-electron chi connectivity index (χ2n) is 4.67. The Labute approximate surface area is 146 Å². The lowest BCUT2D eigenvalue weighted by atomic mass is 10.3. The van der Waals surface area contributed by atoms with Crippen molar-refractivity contribution in [1.29, 1.82) is 0 Å². The zero-order chi connectivity index (χ0) is 17.9. The molecular formula is C13H12ClN3O5S2. The molecule has 0 spiro atoms. The van der Waals surface area contributed by atoms with Crippen LogP contribution in [-0.2, 0) is 14.8 Å². The van der Waals surface area contributed by atoms with Crippen molar-refractivity contribution < 1.29 is 18.1 Å². The van der Waals surface area contributed by atoms with Crippen LogP contribution in [0.3, 0.4) is 0 Å². The highest BCUT2D eigenvalue weighted by Crippen LogP contribution is 2.27. The van der Waals surface area contributed by atoms with Gasteiger partial charge in [-0.1, -0.05) is 11.6 Å². The van der Waals surface area contributed by atoms with Crippen LogP contribution < -0.4 is 5.32 Å². The van der Waals surface area contributed by atoms with Crippen molar-refractivity contribution in [3.05, 3.63) is 50.8 Å². The van der Waals surface area contributed by atoms with Gasteiger partial charge >= 0.3 is 0 Å². The fraction of sp³-hybridized carbons (Fsp3) is 0.154. The van der Waals surface area contributed by atoms with Crippen LogP contribution in [0.1, 0.15) is 0 Å². The van der Waals surface area contributed by atoms with Crippen molar-refractivity contribution in [3.63, 3.8) is 0 Å². The molecule has 24 heavy (non-hydrogen) atoms. The molecule has 0 saturated carbocycles. The van der Waals surface area contributed by atoms with Gasteiger partial charge in [-0.05, 0) is 24.3 Å². The van der Waals surface area contributed by atoms with Gasteiger partial charge in [-0.2, -0.15) is 4.31 Å². The second kappa shape index (κ2) is 7.26. The van der Waals surface area contributed by atoms with Crippen LogP contribution in [-0.4, -0.2) is 37.1 Å². The zero-order valence-electron chi connectivity index (χ0n) is 12.3. The Morgan fingerprint density at radius 1 is 1.29 bits per heavy atom. The molecule has 2 aromatic rings. The van der Waals surface area contributed by atoms with Crippen LogP contribution in [0.15, 0.2) is 40.6 Å². The van der Waals surface area contributed by atoms with Gasteiger partial charge in [0.2, 0.25) is 5.91 Å².